The number of amides is 1. The van der Waals surface area contributed by atoms with E-state index in [4.69, 9.17) is 6.42 Å². The van der Waals surface area contributed by atoms with Crippen molar-refractivity contribution in [1.82, 2.24) is 4.31 Å². The zero-order chi connectivity index (χ0) is 11.8. The van der Waals surface area contributed by atoms with Crippen molar-refractivity contribution < 1.29 is 13.2 Å². The fraction of sp³-hybridized carbons (Fsp3) is 0.182. The van der Waals surface area contributed by atoms with Gasteiger partial charge in [0.1, 0.15) is 0 Å². The maximum atomic E-state index is 12.0. The molecule has 0 saturated heterocycles. The molecule has 0 atom stereocenters. The quantitative estimate of drug-likeness (QED) is 0.662. The molecule has 1 aliphatic heterocycles. The van der Waals surface area contributed by atoms with Crippen molar-refractivity contribution in [3.63, 3.8) is 0 Å². The van der Waals surface area contributed by atoms with Crippen LogP contribution in [0.25, 0.3) is 0 Å². The Morgan fingerprint density at radius 2 is 2.06 bits per heavy atom. The van der Waals surface area contributed by atoms with Crippen LogP contribution in [0.4, 0.5) is 0 Å². The topological polar surface area (TPSA) is 54.5 Å². The smallest absolute Gasteiger partial charge is 0.267 e. The summed E-state index contributed by atoms with van der Waals surface area (Å²) in [4.78, 5) is 11.8. The maximum absolute atomic E-state index is 12.0. The van der Waals surface area contributed by atoms with Gasteiger partial charge in [-0.05, 0) is 11.6 Å². The number of terminal acetylenes is 1. The molecule has 0 spiro atoms. The van der Waals surface area contributed by atoms with E-state index in [-0.39, 0.29) is 17.9 Å². The second-order valence-electron chi connectivity index (χ2n) is 3.39. The van der Waals surface area contributed by atoms with Crippen LogP contribution in [0.3, 0.4) is 0 Å². The van der Waals surface area contributed by atoms with E-state index in [1.165, 1.54) is 6.07 Å². The largest absolute Gasteiger partial charge is 0.273 e. The van der Waals surface area contributed by atoms with E-state index < -0.39 is 15.9 Å². The second-order valence-corrected chi connectivity index (χ2v) is 5.22. The van der Waals surface area contributed by atoms with Crippen LogP contribution in [0.2, 0.25) is 0 Å². The summed E-state index contributed by atoms with van der Waals surface area (Å²) in [6, 6.07) is 6.46. The van der Waals surface area contributed by atoms with Crippen molar-refractivity contribution in [3.05, 3.63) is 29.8 Å². The summed E-state index contributed by atoms with van der Waals surface area (Å²) in [6.45, 7) is -0.213. The van der Waals surface area contributed by atoms with Crippen molar-refractivity contribution in [2.75, 3.05) is 6.54 Å². The number of fused-ring (bicyclic) bond motifs is 1. The summed E-state index contributed by atoms with van der Waals surface area (Å²) >= 11 is 0. The van der Waals surface area contributed by atoms with Gasteiger partial charge in [-0.15, -0.1) is 6.42 Å². The molecule has 2 rings (SSSR count). The average Bonchev–Trinajstić information content (AvgIpc) is 2.24. The van der Waals surface area contributed by atoms with Crippen LogP contribution in [0.1, 0.15) is 5.56 Å². The lowest BCUT2D eigenvalue weighted by atomic mass is 10.1. The van der Waals surface area contributed by atoms with Crippen molar-refractivity contribution >= 4 is 15.9 Å². The minimum Gasteiger partial charge on any atom is -0.273 e. The lowest BCUT2D eigenvalue weighted by Crippen LogP contribution is -2.42. The Bertz CT molecular complexity index is 583. The van der Waals surface area contributed by atoms with Crippen LogP contribution >= 0.6 is 0 Å². The fourth-order valence-corrected chi connectivity index (χ4v) is 3.20. The third-order valence-electron chi connectivity index (χ3n) is 2.40. The zero-order valence-electron chi connectivity index (χ0n) is 8.38. The summed E-state index contributed by atoms with van der Waals surface area (Å²) in [7, 11) is -3.75. The highest BCUT2D eigenvalue weighted by molar-refractivity contribution is 7.89. The van der Waals surface area contributed by atoms with Gasteiger partial charge in [0.25, 0.3) is 10.0 Å². The highest BCUT2D eigenvalue weighted by Gasteiger charge is 2.35. The van der Waals surface area contributed by atoms with Gasteiger partial charge in [0.05, 0.1) is 17.9 Å². The van der Waals surface area contributed by atoms with Crippen molar-refractivity contribution in [3.8, 4) is 12.3 Å². The van der Waals surface area contributed by atoms with Gasteiger partial charge in [0, 0.05) is 0 Å². The van der Waals surface area contributed by atoms with Gasteiger partial charge in [-0.25, -0.2) is 12.7 Å². The highest BCUT2D eigenvalue weighted by atomic mass is 32.2. The number of hydrogen-bond donors (Lipinski definition) is 0. The Balaban J connectivity index is 2.62. The van der Waals surface area contributed by atoms with Crippen LogP contribution in [0.5, 0.6) is 0 Å². The molecule has 1 aromatic carbocycles. The maximum Gasteiger partial charge on any atom is 0.267 e. The van der Waals surface area contributed by atoms with Crippen LogP contribution in [0, 0.1) is 12.3 Å². The Hall–Kier alpha value is -1.80. The Kier molecular flexibility index (Phi) is 2.44. The molecule has 0 N–H and O–H groups in total. The molecule has 1 heterocycles. The summed E-state index contributed by atoms with van der Waals surface area (Å²) in [5.74, 6) is 1.70. The number of hydrogen-bond acceptors (Lipinski definition) is 3. The van der Waals surface area contributed by atoms with Crippen molar-refractivity contribution in [2.45, 2.75) is 11.3 Å². The minimum absolute atomic E-state index is 0.0804. The monoisotopic (exact) mass is 235 g/mol. The van der Waals surface area contributed by atoms with E-state index in [1.54, 1.807) is 18.2 Å². The van der Waals surface area contributed by atoms with E-state index in [0.29, 0.717) is 5.56 Å². The third-order valence-corrected chi connectivity index (χ3v) is 4.26. The molecule has 4 nitrogen and oxygen atoms in total. The molecule has 0 bridgehead atoms. The standard InChI is InChI=1S/C11H9NO3S/c1-2-7-12-11(13)8-9-5-3-4-6-10(9)16(12,14)15/h1,3-6H,7-8H2. The first-order valence-corrected chi connectivity index (χ1v) is 6.08. The number of nitrogens with zero attached hydrogens (tertiary/aromatic N) is 1. The minimum atomic E-state index is -3.75. The lowest BCUT2D eigenvalue weighted by Gasteiger charge is -2.26. The molecular formula is C11H9NO3S. The molecular weight excluding hydrogens is 226 g/mol. The lowest BCUT2D eigenvalue weighted by molar-refractivity contribution is -0.125. The van der Waals surface area contributed by atoms with Crippen LogP contribution < -0.4 is 0 Å². The summed E-state index contributed by atoms with van der Waals surface area (Å²) in [6.07, 6.45) is 5.13. The van der Waals surface area contributed by atoms with Gasteiger partial charge in [-0.2, -0.15) is 0 Å². The second kappa shape index (κ2) is 3.65. The molecule has 0 saturated carbocycles. The summed E-state index contributed by atoms with van der Waals surface area (Å²) in [5.41, 5.74) is 0.528. The number of benzene rings is 1. The predicted molar refractivity (Wildman–Crippen MR) is 57.9 cm³/mol. The van der Waals surface area contributed by atoms with Crippen molar-refractivity contribution in [2.24, 2.45) is 0 Å². The van der Waals surface area contributed by atoms with Gasteiger partial charge >= 0.3 is 0 Å². The molecule has 1 aromatic rings. The molecule has 82 valence electrons. The van der Waals surface area contributed by atoms with Crippen molar-refractivity contribution in [1.29, 1.82) is 0 Å². The molecule has 0 unspecified atom stereocenters. The van der Waals surface area contributed by atoms with E-state index in [0.717, 1.165) is 4.31 Å². The number of sulfonamides is 1. The van der Waals surface area contributed by atoms with E-state index in [2.05, 4.69) is 5.92 Å². The van der Waals surface area contributed by atoms with Crippen LogP contribution in [0.15, 0.2) is 29.2 Å². The Morgan fingerprint density at radius 3 is 2.75 bits per heavy atom. The summed E-state index contributed by atoms with van der Waals surface area (Å²) in [5, 5.41) is 0. The average molecular weight is 235 g/mol. The highest BCUT2D eigenvalue weighted by Crippen LogP contribution is 2.26. The van der Waals surface area contributed by atoms with Crippen LogP contribution in [-0.2, 0) is 21.2 Å². The number of carbonyl (C=O) groups is 1. The number of carbonyl (C=O) groups excluding carboxylic acids is 1. The van der Waals surface area contributed by atoms with E-state index in [9.17, 15) is 13.2 Å². The normalized spacial score (nSPS) is 17.7. The van der Waals surface area contributed by atoms with Gasteiger partial charge in [0.15, 0.2) is 0 Å². The van der Waals surface area contributed by atoms with Gasteiger partial charge < -0.3 is 0 Å². The first-order valence-electron chi connectivity index (χ1n) is 4.64. The fourth-order valence-electron chi connectivity index (χ4n) is 1.66. The molecule has 1 aliphatic rings. The van der Waals surface area contributed by atoms with Gasteiger partial charge in [0.2, 0.25) is 5.91 Å². The SMILES string of the molecule is C#CCN1C(=O)Cc2ccccc2S1(=O)=O. The van der Waals surface area contributed by atoms with Gasteiger partial charge in [-0.3, -0.25) is 4.79 Å². The third kappa shape index (κ3) is 1.48. The molecule has 16 heavy (non-hydrogen) atoms. The molecule has 0 aliphatic carbocycles. The predicted octanol–water partition coefficient (Wildman–Crippen LogP) is 0.393. The Morgan fingerprint density at radius 1 is 1.38 bits per heavy atom. The molecule has 0 aromatic heterocycles. The Labute approximate surface area is 93.9 Å². The summed E-state index contributed by atoms with van der Waals surface area (Å²) < 4.78 is 24.8. The van der Waals surface area contributed by atoms with Gasteiger partial charge in [-0.1, -0.05) is 24.1 Å². The number of rotatable bonds is 1. The molecule has 0 radical (unpaired) electrons. The molecule has 5 heteroatoms. The first-order chi connectivity index (χ1) is 7.57. The zero-order valence-corrected chi connectivity index (χ0v) is 9.20. The van der Waals surface area contributed by atoms with E-state index in [1.807, 2.05) is 0 Å². The first kappa shape index (κ1) is 10.7. The van der Waals surface area contributed by atoms with Crippen LogP contribution in [-0.4, -0.2) is 25.2 Å². The van der Waals surface area contributed by atoms with E-state index >= 15 is 0 Å². The molecule has 0 fully saturated rings. The molecule has 1 amide bonds.